The number of thiazole rings is 2. The second-order valence-electron chi connectivity index (χ2n) is 18.6. The van der Waals surface area contributed by atoms with Crippen molar-refractivity contribution in [3.63, 3.8) is 0 Å². The normalized spacial score (nSPS) is 13.6. The summed E-state index contributed by atoms with van der Waals surface area (Å²) in [7, 11) is 0. The van der Waals surface area contributed by atoms with Gasteiger partial charge in [0.05, 0.1) is 31.8 Å². The fraction of sp³-hybridized carbons (Fsp3) is 0.411. The van der Waals surface area contributed by atoms with Crippen LogP contribution >= 0.6 is 22.7 Å². The third-order valence-corrected chi connectivity index (χ3v) is 15.4. The molecule has 0 aliphatic heterocycles. The second-order valence-corrected chi connectivity index (χ2v) is 20.6. The van der Waals surface area contributed by atoms with Crippen LogP contribution in [0.1, 0.15) is 129 Å². The van der Waals surface area contributed by atoms with Crippen LogP contribution in [-0.2, 0) is 6.54 Å². The highest BCUT2D eigenvalue weighted by molar-refractivity contribution is 7.24. The average molecular weight is 1000 g/mol. The van der Waals surface area contributed by atoms with Crippen molar-refractivity contribution >= 4 is 70.9 Å². The van der Waals surface area contributed by atoms with E-state index in [0.717, 1.165) is 112 Å². The number of carbonyl (C=O) groups is 3. The van der Waals surface area contributed by atoms with Gasteiger partial charge >= 0.3 is 0 Å². The van der Waals surface area contributed by atoms with E-state index >= 15 is 0 Å². The average Bonchev–Trinajstić information content (AvgIpc) is 4.21. The summed E-state index contributed by atoms with van der Waals surface area (Å²) in [5, 5.41) is 3.42. The van der Waals surface area contributed by atoms with Crippen molar-refractivity contribution in [1.82, 2.24) is 33.9 Å². The minimum Gasteiger partial charge on any atom is -0.328 e. The smallest absolute Gasteiger partial charge is 0.195 e. The predicted octanol–water partition coefficient (Wildman–Crippen LogP) is 12.3. The molecule has 2 aliphatic rings. The van der Waals surface area contributed by atoms with Gasteiger partial charge in [-0.15, -0.1) is 0 Å². The molecule has 2 aliphatic carbocycles. The van der Waals surface area contributed by atoms with E-state index in [4.69, 9.17) is 10.7 Å². The van der Waals surface area contributed by atoms with Gasteiger partial charge in [0.25, 0.3) is 0 Å². The monoisotopic (exact) mass is 1000 g/mol. The quantitative estimate of drug-likeness (QED) is 0.0387. The molecule has 0 unspecified atom stereocenters. The van der Waals surface area contributed by atoms with E-state index in [0.29, 0.717) is 65.8 Å². The van der Waals surface area contributed by atoms with Gasteiger partial charge in [-0.25, -0.2) is 18.7 Å². The minimum atomic E-state index is -0.474. The fourth-order valence-corrected chi connectivity index (χ4v) is 10.6. The maximum atomic E-state index is 14.9. The molecule has 4 heterocycles. The highest BCUT2D eigenvalue weighted by Crippen LogP contribution is 2.34. The van der Waals surface area contributed by atoms with Crippen molar-refractivity contribution in [3.8, 4) is 22.5 Å². The van der Waals surface area contributed by atoms with Gasteiger partial charge in [0.1, 0.15) is 17.9 Å². The first-order chi connectivity index (χ1) is 34.5. The number of halogens is 2. The third-order valence-electron chi connectivity index (χ3n) is 13.4. The lowest BCUT2D eigenvalue weighted by Gasteiger charge is -2.17. The molecule has 0 atom stereocenters. The predicted molar refractivity (Wildman–Crippen MR) is 286 cm³/mol. The Morgan fingerprint density at radius 3 is 1.58 bits per heavy atom. The molecule has 3 N–H and O–H groups in total. The molecule has 4 aromatic carbocycles. The van der Waals surface area contributed by atoms with Crippen molar-refractivity contribution in [2.45, 2.75) is 111 Å². The number of aldehydes is 1. The van der Waals surface area contributed by atoms with Crippen LogP contribution in [-0.4, -0.2) is 97.8 Å². The number of hydrogen-bond donors (Lipinski definition) is 2. The summed E-state index contributed by atoms with van der Waals surface area (Å²) in [5.41, 5.74) is 11.9. The molecule has 374 valence electrons. The summed E-state index contributed by atoms with van der Waals surface area (Å²) in [6.45, 7) is 15.6. The lowest BCUT2D eigenvalue weighted by Crippen LogP contribution is -2.24. The van der Waals surface area contributed by atoms with E-state index in [1.165, 1.54) is 54.4 Å². The van der Waals surface area contributed by atoms with Crippen LogP contribution in [0.25, 0.3) is 52.9 Å². The van der Waals surface area contributed by atoms with E-state index in [1.54, 1.807) is 24.4 Å². The maximum Gasteiger partial charge on any atom is 0.195 e. The molecule has 0 radical (unpaired) electrons. The van der Waals surface area contributed by atoms with Gasteiger partial charge in [0, 0.05) is 71.7 Å². The number of Topliss-reactive ketones (excluding diaryl/α,β-unsaturated/α-hetero) is 2. The number of ketones is 2. The molecular formula is C56H66F2N8O3S2. The first-order valence-corrected chi connectivity index (χ1v) is 27.0. The van der Waals surface area contributed by atoms with E-state index in [9.17, 15) is 23.2 Å². The van der Waals surface area contributed by atoms with Crippen LogP contribution in [0.4, 0.5) is 8.78 Å². The number of benzene rings is 4. The topological polar surface area (TPSA) is 130 Å². The van der Waals surface area contributed by atoms with Crippen LogP contribution in [0.3, 0.4) is 0 Å². The van der Waals surface area contributed by atoms with E-state index in [-0.39, 0.29) is 17.4 Å². The summed E-state index contributed by atoms with van der Waals surface area (Å²) in [6.07, 6.45) is 14.3. The zero-order valence-electron chi connectivity index (χ0n) is 41.4. The Hall–Kier alpha value is -5.55. The van der Waals surface area contributed by atoms with Crippen LogP contribution in [0, 0.1) is 11.6 Å². The van der Waals surface area contributed by atoms with Crippen molar-refractivity contribution in [2.24, 2.45) is 5.73 Å². The fourth-order valence-electron chi connectivity index (χ4n) is 8.55. The Morgan fingerprint density at radius 2 is 1.15 bits per heavy atom. The maximum absolute atomic E-state index is 14.9. The molecule has 2 fully saturated rings. The van der Waals surface area contributed by atoms with Crippen LogP contribution in [0.2, 0.25) is 0 Å². The minimum absolute atomic E-state index is 0.163. The first kappa shape index (κ1) is 51.8. The van der Waals surface area contributed by atoms with Crippen LogP contribution in [0.5, 0.6) is 0 Å². The lowest BCUT2D eigenvalue weighted by molar-refractivity contribution is 0.0970. The molecule has 10 rings (SSSR count). The number of rotatable bonds is 22. The molecule has 2 saturated carbocycles. The largest absolute Gasteiger partial charge is 0.328 e. The number of nitrogens with two attached hydrogens (primary N) is 1. The molecular weight excluding hydrogens is 935 g/mol. The van der Waals surface area contributed by atoms with Gasteiger partial charge in [0.15, 0.2) is 21.5 Å². The molecule has 0 saturated heterocycles. The molecule has 15 heteroatoms. The highest BCUT2D eigenvalue weighted by Gasteiger charge is 2.21. The van der Waals surface area contributed by atoms with Gasteiger partial charge in [-0.3, -0.25) is 23.2 Å². The molecule has 0 bridgehead atoms. The van der Waals surface area contributed by atoms with Crippen LogP contribution < -0.4 is 11.1 Å². The zero-order valence-corrected chi connectivity index (χ0v) is 43.0. The number of aromatic nitrogens is 4. The number of nitrogens with one attached hydrogen (secondary N) is 1. The Balaban J connectivity index is 0.000000177. The molecule has 4 aromatic heterocycles. The number of nitrogens with zero attached hydrogens (tertiary/aromatic N) is 6. The second kappa shape index (κ2) is 24.2. The van der Waals surface area contributed by atoms with Gasteiger partial charge in [0.2, 0.25) is 0 Å². The summed E-state index contributed by atoms with van der Waals surface area (Å²) in [5.74, 6) is -0.366. The molecule has 11 nitrogen and oxygen atoms in total. The number of imidazole rings is 2. The number of unbranched alkanes of at least 4 members (excludes halogenated alkanes) is 2. The van der Waals surface area contributed by atoms with Gasteiger partial charge in [-0.05, 0) is 157 Å². The van der Waals surface area contributed by atoms with Gasteiger partial charge in [-0.2, -0.15) is 0 Å². The highest BCUT2D eigenvalue weighted by atomic mass is 32.1. The summed E-state index contributed by atoms with van der Waals surface area (Å²) >= 11 is 3.01. The number of hydrogen-bond acceptors (Lipinski definition) is 11. The molecule has 0 amide bonds. The standard InChI is InChI=1S/C28H33FN4OS.C25H26FN3O2S.C3H7N/c1-3-32(4-2)14-6-5-7-26(34)20-9-13-25-27(16-20)35-28-31-24(18-33(25)28)22-12-8-19(15-23(22)29)17-30-21-10-11-21;1-3-28(4-2)12-6-5-7-23(31)18-9-11-22-24(14-18)32-25-27-21(15-29(22)25)19-10-8-17(16-30)13-20(19)26;4-3-1-2-3/h8-9,12-13,15-16,18,21,30H,3-7,10-11,14,17H2,1-2H3;8-11,13-16H,3-7,12H2,1-2H3;3H,1-2,4H2. The van der Waals surface area contributed by atoms with Crippen LogP contribution in [0.15, 0.2) is 85.2 Å². The van der Waals surface area contributed by atoms with E-state index in [2.05, 4.69) is 47.8 Å². The summed E-state index contributed by atoms with van der Waals surface area (Å²) in [6, 6.07) is 22.5. The SMILES string of the molecule is CCN(CC)CCCCC(=O)c1ccc2c(c1)sc1nc(-c3ccc(C=O)cc3F)cn12.CCN(CC)CCCCC(=O)c1ccc2c(c1)sc1nc(-c3ccc(CNC4CC4)cc3F)cn12.NC1CC1. The zero-order chi connectivity index (χ0) is 50.0. The lowest BCUT2D eigenvalue weighted by atomic mass is 10.1. The third kappa shape index (κ3) is 13.3. The Kier molecular flexibility index (Phi) is 17.7. The van der Waals surface area contributed by atoms with Gasteiger partial charge < -0.3 is 20.9 Å². The molecule has 0 spiro atoms. The summed E-state index contributed by atoms with van der Waals surface area (Å²) < 4.78 is 35.2. The van der Waals surface area contributed by atoms with E-state index in [1.807, 2.05) is 63.5 Å². The van der Waals surface area contributed by atoms with Crippen molar-refractivity contribution in [3.05, 3.63) is 119 Å². The Morgan fingerprint density at radius 1 is 0.676 bits per heavy atom. The molecule has 71 heavy (non-hydrogen) atoms. The molecule has 8 aromatic rings. The first-order valence-electron chi connectivity index (χ1n) is 25.4. The van der Waals surface area contributed by atoms with E-state index < -0.39 is 5.82 Å². The van der Waals surface area contributed by atoms with Crippen molar-refractivity contribution in [2.75, 3.05) is 39.3 Å². The number of fused-ring (bicyclic) bond motifs is 6. The summed E-state index contributed by atoms with van der Waals surface area (Å²) in [4.78, 5) is 51.8. The Bertz CT molecular complexity index is 3100. The van der Waals surface area contributed by atoms with Crippen molar-refractivity contribution in [1.29, 1.82) is 0 Å². The Labute approximate surface area is 423 Å². The van der Waals surface area contributed by atoms with Gasteiger partial charge in [-0.1, -0.05) is 62.5 Å². The van der Waals surface area contributed by atoms with Crippen molar-refractivity contribution < 1.29 is 23.2 Å². The number of carbonyl (C=O) groups excluding carboxylic acids is 3.